The molecule has 4 atom stereocenters. The Bertz CT molecular complexity index is 1500. The number of carbonyl (C=O) groups excluding carboxylic acids is 2. The first-order valence-electron chi connectivity index (χ1n) is 14.4. The SMILES string of the molecule is COc1cc([C@@H]2c3cc4c(cc3[C@H](O)[C@@H](CO)[C@H]2C(=O)NNC(=O)NC2=CC(C)(C)N([O])C2(C)C)OCO4)cc(OC)c1OC. The number of methoxy groups -OCH3 is 3. The molecule has 243 valence electrons. The van der Waals surface area contributed by atoms with Crippen LogP contribution in [0.3, 0.4) is 0 Å². The number of nitrogens with one attached hydrogen (secondary N) is 3. The minimum Gasteiger partial charge on any atom is -0.493 e. The lowest BCUT2D eigenvalue weighted by Gasteiger charge is -2.41. The summed E-state index contributed by atoms with van der Waals surface area (Å²) < 4.78 is 27.8. The Balaban J connectivity index is 1.52. The van der Waals surface area contributed by atoms with Gasteiger partial charge in [0, 0.05) is 24.1 Å². The first kappa shape index (κ1) is 32.2. The summed E-state index contributed by atoms with van der Waals surface area (Å²) in [6.45, 7) is 6.25. The van der Waals surface area contributed by atoms with E-state index in [1.54, 1.807) is 58.0 Å². The molecule has 1 aliphatic carbocycles. The first-order valence-corrected chi connectivity index (χ1v) is 14.4. The average Bonchev–Trinajstić information content (AvgIpc) is 3.53. The number of carbonyl (C=O) groups is 2. The Kier molecular flexibility index (Phi) is 8.53. The van der Waals surface area contributed by atoms with E-state index in [1.165, 1.54) is 21.3 Å². The number of nitrogens with zero attached hydrogens (tertiary/aromatic N) is 1. The van der Waals surface area contributed by atoms with Gasteiger partial charge in [0.2, 0.25) is 18.4 Å². The molecule has 0 saturated carbocycles. The lowest BCUT2D eigenvalue weighted by Crippen LogP contribution is -2.54. The molecule has 5 N–H and O–H groups in total. The van der Waals surface area contributed by atoms with Crippen LogP contribution in [0.25, 0.3) is 0 Å². The molecule has 14 nitrogen and oxygen atoms in total. The molecule has 2 aromatic rings. The zero-order chi connectivity index (χ0) is 32.8. The second-order valence-electron chi connectivity index (χ2n) is 12.2. The molecule has 2 aliphatic heterocycles. The highest BCUT2D eigenvalue weighted by Gasteiger charge is 2.49. The molecule has 0 aromatic heterocycles. The number of benzene rings is 2. The quantitative estimate of drug-likeness (QED) is 0.286. The van der Waals surface area contributed by atoms with Gasteiger partial charge in [-0.25, -0.2) is 10.2 Å². The fourth-order valence-electron chi connectivity index (χ4n) is 6.56. The minimum atomic E-state index is -1.27. The van der Waals surface area contributed by atoms with Crippen molar-refractivity contribution in [1.29, 1.82) is 0 Å². The van der Waals surface area contributed by atoms with E-state index in [1.807, 2.05) is 0 Å². The van der Waals surface area contributed by atoms with Gasteiger partial charge in [-0.15, -0.1) is 10.3 Å². The van der Waals surface area contributed by atoms with E-state index in [0.29, 0.717) is 51.1 Å². The van der Waals surface area contributed by atoms with E-state index in [9.17, 15) is 25.0 Å². The van der Waals surface area contributed by atoms with Crippen molar-refractivity contribution in [2.24, 2.45) is 11.8 Å². The summed E-state index contributed by atoms with van der Waals surface area (Å²) in [5.74, 6) is -1.72. The van der Waals surface area contributed by atoms with Gasteiger partial charge in [0.15, 0.2) is 23.0 Å². The van der Waals surface area contributed by atoms with Gasteiger partial charge in [-0.05, 0) is 74.7 Å². The van der Waals surface area contributed by atoms with E-state index < -0.39 is 53.5 Å². The molecule has 3 amide bonds. The Labute approximate surface area is 260 Å². The van der Waals surface area contributed by atoms with Crippen LogP contribution in [0.1, 0.15) is 56.4 Å². The largest absolute Gasteiger partial charge is 0.493 e. The summed E-state index contributed by atoms with van der Waals surface area (Å²) in [7, 11) is 4.41. The third-order valence-electron chi connectivity index (χ3n) is 8.75. The number of amides is 3. The fraction of sp³-hybridized carbons (Fsp3) is 0.484. The van der Waals surface area contributed by atoms with E-state index in [4.69, 9.17) is 23.7 Å². The molecule has 2 heterocycles. The Morgan fingerprint density at radius 2 is 1.56 bits per heavy atom. The number of hydrogen-bond donors (Lipinski definition) is 5. The molecule has 2 aromatic carbocycles. The molecule has 0 spiro atoms. The van der Waals surface area contributed by atoms with Gasteiger partial charge in [-0.3, -0.25) is 10.2 Å². The fourth-order valence-corrected chi connectivity index (χ4v) is 6.56. The highest BCUT2D eigenvalue weighted by Crippen LogP contribution is 2.53. The summed E-state index contributed by atoms with van der Waals surface area (Å²) >= 11 is 0. The number of hydrogen-bond acceptors (Lipinski definition) is 10. The summed E-state index contributed by atoms with van der Waals surface area (Å²) in [6.07, 6.45) is 0.388. The zero-order valence-electron chi connectivity index (χ0n) is 26.2. The van der Waals surface area contributed by atoms with Crippen molar-refractivity contribution in [3.63, 3.8) is 0 Å². The smallest absolute Gasteiger partial charge is 0.337 e. The van der Waals surface area contributed by atoms with Crippen molar-refractivity contribution < 1.29 is 48.7 Å². The van der Waals surface area contributed by atoms with Gasteiger partial charge in [0.25, 0.3) is 0 Å². The number of aliphatic hydroxyl groups is 2. The predicted octanol–water partition coefficient (Wildman–Crippen LogP) is 2.28. The molecule has 1 radical (unpaired) electrons. The highest BCUT2D eigenvalue weighted by molar-refractivity contribution is 5.85. The van der Waals surface area contributed by atoms with Crippen LogP contribution < -0.4 is 39.9 Å². The van der Waals surface area contributed by atoms with Crippen molar-refractivity contribution >= 4 is 11.9 Å². The van der Waals surface area contributed by atoms with Crippen molar-refractivity contribution in [3.8, 4) is 28.7 Å². The first-order chi connectivity index (χ1) is 21.3. The summed E-state index contributed by atoms with van der Waals surface area (Å²) in [5, 5.41) is 38.3. The van der Waals surface area contributed by atoms with Crippen LogP contribution in [0.5, 0.6) is 28.7 Å². The second kappa shape index (κ2) is 11.9. The van der Waals surface area contributed by atoms with Gasteiger partial charge in [-0.1, -0.05) is 0 Å². The van der Waals surface area contributed by atoms with Crippen molar-refractivity contribution in [2.75, 3.05) is 34.7 Å². The standard InChI is InChI=1S/C31H39N4O10/c1-30(2)12-23(31(3,4)35(30)40)32-29(39)34-33-28(38)25-18(13-36)26(37)17-11-20-19(44-14-45-20)10-16(17)24(25)15-8-21(41-5)27(43-7)22(9-15)42-6/h8-12,18,24-26,36-37H,13-14H2,1-7H3,(H,33,38)(H2,32,34,39)/t18-,24+,25+,26-/m0/s1. The number of urea groups is 1. The third-order valence-corrected chi connectivity index (χ3v) is 8.75. The monoisotopic (exact) mass is 627 g/mol. The maximum Gasteiger partial charge on any atom is 0.337 e. The molecule has 14 heteroatoms. The van der Waals surface area contributed by atoms with Crippen LogP contribution in [-0.2, 0) is 10.0 Å². The number of hydrazine groups is 1. The molecular weight excluding hydrogens is 588 g/mol. The van der Waals surface area contributed by atoms with Gasteiger partial charge in [0.1, 0.15) is 0 Å². The third kappa shape index (κ3) is 5.47. The molecule has 0 fully saturated rings. The van der Waals surface area contributed by atoms with Crippen molar-refractivity contribution in [3.05, 3.63) is 52.7 Å². The maximum absolute atomic E-state index is 14.0. The molecule has 45 heavy (non-hydrogen) atoms. The maximum atomic E-state index is 14.0. The topological polar surface area (TPSA) is 180 Å². The van der Waals surface area contributed by atoms with Gasteiger partial charge >= 0.3 is 6.03 Å². The van der Waals surface area contributed by atoms with Gasteiger partial charge < -0.3 is 39.2 Å². The number of fused-ring (bicyclic) bond motifs is 2. The lowest BCUT2D eigenvalue weighted by molar-refractivity contribution is -0.239. The lowest BCUT2D eigenvalue weighted by atomic mass is 9.65. The molecule has 0 unspecified atom stereocenters. The van der Waals surface area contributed by atoms with E-state index in [-0.39, 0.29) is 6.79 Å². The number of aliphatic hydroxyl groups excluding tert-OH is 2. The normalized spacial score (nSPS) is 24.3. The molecule has 3 aliphatic rings. The van der Waals surface area contributed by atoms with Crippen molar-refractivity contribution in [2.45, 2.75) is 50.8 Å². The average molecular weight is 628 g/mol. The van der Waals surface area contributed by atoms with E-state index in [2.05, 4.69) is 16.2 Å². The summed E-state index contributed by atoms with van der Waals surface area (Å²) in [6, 6.07) is 5.95. The van der Waals surface area contributed by atoms with Gasteiger partial charge in [-0.2, -0.15) is 0 Å². The van der Waals surface area contributed by atoms with Gasteiger partial charge in [0.05, 0.1) is 44.4 Å². The number of rotatable bonds is 7. The number of hydroxylamine groups is 2. The number of ether oxygens (including phenoxy) is 5. The summed E-state index contributed by atoms with van der Waals surface area (Å²) in [4.78, 5) is 27.0. The Hall–Kier alpha value is -4.24. The van der Waals surface area contributed by atoms with Crippen LogP contribution in [-0.4, -0.2) is 73.0 Å². The van der Waals surface area contributed by atoms with E-state index >= 15 is 0 Å². The molecular formula is C31H39N4O10. The van der Waals surface area contributed by atoms with E-state index in [0.717, 1.165) is 5.06 Å². The Morgan fingerprint density at radius 3 is 2.07 bits per heavy atom. The van der Waals surface area contributed by atoms with Crippen LogP contribution in [0.15, 0.2) is 36.0 Å². The van der Waals surface area contributed by atoms with Crippen LogP contribution in [0.2, 0.25) is 0 Å². The van der Waals surface area contributed by atoms with Crippen LogP contribution in [0, 0.1) is 11.8 Å². The van der Waals surface area contributed by atoms with Crippen LogP contribution >= 0.6 is 0 Å². The molecule has 0 saturated heterocycles. The van der Waals surface area contributed by atoms with Crippen LogP contribution in [0.4, 0.5) is 4.79 Å². The predicted molar refractivity (Wildman–Crippen MR) is 158 cm³/mol. The Morgan fingerprint density at radius 1 is 0.956 bits per heavy atom. The van der Waals surface area contributed by atoms with Crippen molar-refractivity contribution in [1.82, 2.24) is 21.2 Å². The molecule has 5 rings (SSSR count). The zero-order valence-corrected chi connectivity index (χ0v) is 26.2. The highest BCUT2D eigenvalue weighted by atomic mass is 16.7. The molecule has 0 bridgehead atoms. The summed E-state index contributed by atoms with van der Waals surface area (Å²) in [5.41, 5.74) is 4.86. The minimum absolute atomic E-state index is 0.00985. The second-order valence-corrected chi connectivity index (χ2v) is 12.2.